The molecule has 0 aliphatic heterocycles. The standard InChI is InChI=1S/C15H11Cl2N3OS/c1-7-2-3-19-15-11(7)12(18)13(22-15)14(21)20-10-5-8(16)4-9(17)6-10/h2-6H,18H2,1H3,(H,20,21). The molecule has 7 heteroatoms. The summed E-state index contributed by atoms with van der Waals surface area (Å²) in [5, 5.41) is 4.47. The number of nitrogens with two attached hydrogens (primary N) is 1. The molecule has 0 aliphatic carbocycles. The van der Waals surface area contributed by atoms with Crippen LogP contribution in [0.2, 0.25) is 10.0 Å². The van der Waals surface area contributed by atoms with Crippen molar-refractivity contribution in [3.63, 3.8) is 0 Å². The van der Waals surface area contributed by atoms with Gasteiger partial charge in [0.1, 0.15) is 9.71 Å². The molecule has 3 aromatic rings. The molecule has 0 radical (unpaired) electrons. The Kier molecular flexibility index (Phi) is 3.95. The lowest BCUT2D eigenvalue weighted by atomic mass is 10.1. The molecule has 0 fully saturated rings. The van der Waals surface area contributed by atoms with Gasteiger partial charge < -0.3 is 11.1 Å². The second-order valence-corrected chi connectivity index (χ2v) is 6.64. The molecule has 1 aromatic carbocycles. The molecule has 0 saturated heterocycles. The van der Waals surface area contributed by atoms with Gasteiger partial charge in [-0.3, -0.25) is 4.79 Å². The number of anilines is 2. The number of hydrogen-bond acceptors (Lipinski definition) is 4. The molecule has 0 saturated carbocycles. The van der Waals surface area contributed by atoms with Gasteiger partial charge in [-0.2, -0.15) is 0 Å². The summed E-state index contributed by atoms with van der Waals surface area (Å²) in [6.07, 6.45) is 1.70. The number of aryl methyl sites for hydroxylation is 1. The number of nitrogens with one attached hydrogen (secondary N) is 1. The fourth-order valence-corrected chi connectivity index (χ4v) is 3.75. The number of thiophene rings is 1. The van der Waals surface area contributed by atoms with Crippen LogP contribution < -0.4 is 11.1 Å². The highest BCUT2D eigenvalue weighted by Crippen LogP contribution is 2.35. The molecular weight excluding hydrogens is 341 g/mol. The number of aromatic nitrogens is 1. The van der Waals surface area contributed by atoms with E-state index >= 15 is 0 Å². The van der Waals surface area contributed by atoms with Gasteiger partial charge in [-0.25, -0.2) is 4.98 Å². The number of rotatable bonds is 2. The molecule has 3 rings (SSSR count). The summed E-state index contributed by atoms with van der Waals surface area (Å²) in [5.41, 5.74) is 8.06. The minimum absolute atomic E-state index is 0.307. The average molecular weight is 352 g/mol. The van der Waals surface area contributed by atoms with Crippen molar-refractivity contribution in [3.05, 3.63) is 50.9 Å². The molecule has 1 amide bonds. The summed E-state index contributed by atoms with van der Waals surface area (Å²) in [6, 6.07) is 6.71. The van der Waals surface area contributed by atoms with Crippen molar-refractivity contribution in [3.8, 4) is 0 Å². The maximum absolute atomic E-state index is 12.4. The SMILES string of the molecule is Cc1ccnc2sc(C(=O)Nc3cc(Cl)cc(Cl)c3)c(N)c12. The van der Waals surface area contributed by atoms with E-state index in [1.54, 1.807) is 24.4 Å². The second-order valence-electron chi connectivity index (χ2n) is 4.77. The quantitative estimate of drug-likeness (QED) is 0.700. The fraction of sp³-hybridized carbons (Fsp3) is 0.0667. The molecule has 0 aliphatic rings. The van der Waals surface area contributed by atoms with Crippen molar-refractivity contribution < 1.29 is 4.79 Å². The monoisotopic (exact) mass is 351 g/mol. The predicted octanol–water partition coefficient (Wildman–Crippen LogP) is 4.75. The van der Waals surface area contributed by atoms with E-state index in [2.05, 4.69) is 10.3 Å². The van der Waals surface area contributed by atoms with Gasteiger partial charge in [0.15, 0.2) is 0 Å². The Hall–Kier alpha value is -1.82. The van der Waals surface area contributed by atoms with Crippen molar-refractivity contribution in [2.45, 2.75) is 6.92 Å². The van der Waals surface area contributed by atoms with Gasteiger partial charge in [0.05, 0.1) is 5.69 Å². The van der Waals surface area contributed by atoms with Crippen LogP contribution >= 0.6 is 34.5 Å². The van der Waals surface area contributed by atoms with Gasteiger partial charge in [0.2, 0.25) is 0 Å². The Morgan fingerprint density at radius 1 is 1.27 bits per heavy atom. The molecule has 2 heterocycles. The number of hydrogen-bond donors (Lipinski definition) is 2. The molecule has 0 atom stereocenters. The normalized spacial score (nSPS) is 10.9. The van der Waals surface area contributed by atoms with Crippen LogP contribution in [0.3, 0.4) is 0 Å². The molecule has 0 bridgehead atoms. The van der Waals surface area contributed by atoms with E-state index in [1.807, 2.05) is 13.0 Å². The highest BCUT2D eigenvalue weighted by molar-refractivity contribution is 7.21. The lowest BCUT2D eigenvalue weighted by Crippen LogP contribution is -2.12. The average Bonchev–Trinajstić information content (AvgIpc) is 2.76. The van der Waals surface area contributed by atoms with E-state index in [0.29, 0.717) is 26.3 Å². The number of fused-ring (bicyclic) bond motifs is 1. The topological polar surface area (TPSA) is 68.0 Å². The molecular formula is C15H11Cl2N3OS. The van der Waals surface area contributed by atoms with Crippen LogP contribution in [0.1, 0.15) is 15.2 Å². The number of amides is 1. The molecule has 4 nitrogen and oxygen atoms in total. The second kappa shape index (κ2) is 5.76. The molecule has 112 valence electrons. The van der Waals surface area contributed by atoms with Gasteiger partial charge in [0.25, 0.3) is 5.91 Å². The highest BCUT2D eigenvalue weighted by Gasteiger charge is 2.18. The largest absolute Gasteiger partial charge is 0.397 e. The lowest BCUT2D eigenvalue weighted by molar-refractivity contribution is 0.103. The number of benzene rings is 1. The Bertz CT molecular complexity index is 872. The molecule has 3 N–H and O–H groups in total. The van der Waals surface area contributed by atoms with E-state index in [0.717, 1.165) is 15.8 Å². The van der Waals surface area contributed by atoms with Crippen LogP contribution in [0, 0.1) is 6.92 Å². The first kappa shape index (κ1) is 15.1. The number of carbonyl (C=O) groups is 1. The maximum atomic E-state index is 12.4. The number of nitrogen functional groups attached to an aromatic ring is 1. The van der Waals surface area contributed by atoms with Crippen LogP contribution in [-0.4, -0.2) is 10.9 Å². The highest BCUT2D eigenvalue weighted by atomic mass is 35.5. The Labute approximate surface area is 140 Å². The third kappa shape index (κ3) is 2.75. The summed E-state index contributed by atoms with van der Waals surface area (Å²) >= 11 is 13.1. The zero-order valence-electron chi connectivity index (χ0n) is 11.5. The first-order chi connectivity index (χ1) is 10.5. The van der Waals surface area contributed by atoms with Gasteiger partial charge >= 0.3 is 0 Å². The van der Waals surface area contributed by atoms with Gasteiger partial charge in [-0.15, -0.1) is 11.3 Å². The number of halogens is 2. The summed E-state index contributed by atoms with van der Waals surface area (Å²) in [4.78, 5) is 17.9. The zero-order valence-corrected chi connectivity index (χ0v) is 13.8. The first-order valence-electron chi connectivity index (χ1n) is 6.36. The molecule has 22 heavy (non-hydrogen) atoms. The minimum atomic E-state index is -0.307. The van der Waals surface area contributed by atoms with Crippen molar-refractivity contribution in [1.82, 2.24) is 4.98 Å². The minimum Gasteiger partial charge on any atom is -0.397 e. The van der Waals surface area contributed by atoms with Crippen LogP contribution in [0.5, 0.6) is 0 Å². The van der Waals surface area contributed by atoms with Crippen molar-refractivity contribution >= 4 is 62.0 Å². The third-order valence-corrected chi connectivity index (χ3v) is 4.71. The summed E-state index contributed by atoms with van der Waals surface area (Å²) < 4.78 is 0. The first-order valence-corrected chi connectivity index (χ1v) is 7.94. The van der Waals surface area contributed by atoms with Gasteiger partial charge in [0, 0.05) is 27.3 Å². The van der Waals surface area contributed by atoms with Crippen LogP contribution in [0.25, 0.3) is 10.2 Å². The van der Waals surface area contributed by atoms with E-state index < -0.39 is 0 Å². The van der Waals surface area contributed by atoms with Crippen molar-refractivity contribution in [2.75, 3.05) is 11.1 Å². The van der Waals surface area contributed by atoms with Crippen LogP contribution in [0.15, 0.2) is 30.5 Å². The van der Waals surface area contributed by atoms with Crippen molar-refractivity contribution in [1.29, 1.82) is 0 Å². The zero-order chi connectivity index (χ0) is 15.9. The van der Waals surface area contributed by atoms with E-state index in [4.69, 9.17) is 28.9 Å². The van der Waals surface area contributed by atoms with Gasteiger partial charge in [-0.05, 0) is 36.8 Å². The summed E-state index contributed by atoms with van der Waals surface area (Å²) in [5.74, 6) is -0.307. The molecule has 0 spiro atoms. The third-order valence-electron chi connectivity index (χ3n) is 3.16. The van der Waals surface area contributed by atoms with E-state index in [9.17, 15) is 4.79 Å². The number of pyridine rings is 1. The smallest absolute Gasteiger partial charge is 0.267 e. The van der Waals surface area contributed by atoms with E-state index in [1.165, 1.54) is 11.3 Å². The Morgan fingerprint density at radius 2 is 1.95 bits per heavy atom. The maximum Gasteiger partial charge on any atom is 0.267 e. The lowest BCUT2D eigenvalue weighted by Gasteiger charge is -2.05. The molecule has 2 aromatic heterocycles. The predicted molar refractivity (Wildman–Crippen MR) is 93.2 cm³/mol. The van der Waals surface area contributed by atoms with Crippen molar-refractivity contribution in [2.24, 2.45) is 0 Å². The summed E-state index contributed by atoms with van der Waals surface area (Å²) in [6.45, 7) is 1.94. The number of carbonyl (C=O) groups excluding carboxylic acids is 1. The van der Waals surface area contributed by atoms with Crippen LogP contribution in [-0.2, 0) is 0 Å². The van der Waals surface area contributed by atoms with E-state index in [-0.39, 0.29) is 5.91 Å². The summed E-state index contributed by atoms with van der Waals surface area (Å²) in [7, 11) is 0. The fourth-order valence-electron chi connectivity index (χ4n) is 2.19. The molecule has 0 unspecified atom stereocenters. The Balaban J connectivity index is 1.99. The Morgan fingerprint density at radius 3 is 2.59 bits per heavy atom. The van der Waals surface area contributed by atoms with Gasteiger partial charge in [-0.1, -0.05) is 23.2 Å². The van der Waals surface area contributed by atoms with Crippen LogP contribution in [0.4, 0.5) is 11.4 Å². The number of nitrogens with zero attached hydrogens (tertiary/aromatic N) is 1.